The lowest BCUT2D eigenvalue weighted by molar-refractivity contribution is 0.0101. The number of fused-ring (bicyclic) bond motifs is 1. The van der Waals surface area contributed by atoms with Gasteiger partial charge in [0, 0.05) is 48.8 Å². The zero-order chi connectivity index (χ0) is 25.5. The zero-order valence-corrected chi connectivity index (χ0v) is 22.4. The lowest BCUT2D eigenvalue weighted by Gasteiger charge is -2.48. The van der Waals surface area contributed by atoms with Gasteiger partial charge in [-0.1, -0.05) is 17.7 Å². The largest absolute Gasteiger partial charge is 0.493 e. The first kappa shape index (κ1) is 26.9. The van der Waals surface area contributed by atoms with Gasteiger partial charge >= 0.3 is 0 Å². The van der Waals surface area contributed by atoms with Crippen molar-refractivity contribution < 1.29 is 14.6 Å². The summed E-state index contributed by atoms with van der Waals surface area (Å²) in [6, 6.07) is 12.4. The fourth-order valence-corrected chi connectivity index (χ4v) is 5.74. The maximum Gasteiger partial charge on any atom is 0.253 e. The van der Waals surface area contributed by atoms with Crippen molar-refractivity contribution in [1.82, 2.24) is 15.1 Å². The van der Waals surface area contributed by atoms with Crippen LogP contribution in [0, 0.1) is 13.8 Å². The van der Waals surface area contributed by atoms with Crippen LogP contribution >= 0.6 is 11.6 Å². The van der Waals surface area contributed by atoms with Crippen LogP contribution in [0.1, 0.15) is 65.2 Å². The Balaban J connectivity index is 1.37. The summed E-state index contributed by atoms with van der Waals surface area (Å²) in [6.07, 6.45) is 5.49. The van der Waals surface area contributed by atoms with E-state index in [0.717, 1.165) is 57.6 Å². The van der Waals surface area contributed by atoms with Crippen molar-refractivity contribution in [2.75, 3.05) is 45.9 Å². The van der Waals surface area contributed by atoms with Gasteiger partial charge in [0.1, 0.15) is 5.75 Å². The molecule has 6 nitrogen and oxygen atoms in total. The van der Waals surface area contributed by atoms with Crippen molar-refractivity contribution in [2.45, 2.75) is 58.0 Å². The van der Waals surface area contributed by atoms with Crippen LogP contribution in [0.2, 0.25) is 5.02 Å². The number of carbonyl (C=O) groups excluding carboxylic acids is 1. The molecular formula is C29H40ClN3O3. The van der Waals surface area contributed by atoms with Crippen molar-refractivity contribution in [3.63, 3.8) is 0 Å². The molecule has 0 saturated carbocycles. The van der Waals surface area contributed by atoms with Crippen LogP contribution in [0.25, 0.3) is 0 Å². The van der Waals surface area contributed by atoms with Gasteiger partial charge in [0.25, 0.3) is 5.91 Å². The highest BCUT2D eigenvalue weighted by molar-refractivity contribution is 6.30. The third-order valence-corrected chi connectivity index (χ3v) is 8.01. The number of aliphatic hydroxyl groups is 1. The van der Waals surface area contributed by atoms with Gasteiger partial charge < -0.3 is 20.1 Å². The molecule has 0 spiro atoms. The second kappa shape index (κ2) is 12.9. The van der Waals surface area contributed by atoms with Gasteiger partial charge in [-0.15, -0.1) is 0 Å². The molecule has 2 heterocycles. The van der Waals surface area contributed by atoms with Gasteiger partial charge in [0.2, 0.25) is 0 Å². The summed E-state index contributed by atoms with van der Waals surface area (Å²) >= 11 is 6.01. The van der Waals surface area contributed by atoms with E-state index in [1.807, 2.05) is 17.0 Å². The number of hydrogen-bond donors (Lipinski definition) is 2. The average Bonchev–Trinajstić information content (AvgIpc) is 2.90. The van der Waals surface area contributed by atoms with Crippen LogP contribution in [-0.2, 0) is 0 Å². The zero-order valence-electron chi connectivity index (χ0n) is 21.6. The number of unbranched alkanes of at least 4 members (excludes halogenated alkanes) is 1. The van der Waals surface area contributed by atoms with Gasteiger partial charge in [-0.2, -0.15) is 0 Å². The lowest BCUT2D eigenvalue weighted by atomic mass is 9.86. The Morgan fingerprint density at radius 3 is 2.64 bits per heavy atom. The first-order chi connectivity index (χ1) is 17.5. The van der Waals surface area contributed by atoms with Gasteiger partial charge in [0.05, 0.1) is 13.2 Å². The Morgan fingerprint density at radius 2 is 1.86 bits per heavy atom. The van der Waals surface area contributed by atoms with Crippen molar-refractivity contribution in [2.24, 2.45) is 0 Å². The predicted octanol–water partition coefficient (Wildman–Crippen LogP) is 4.75. The Labute approximate surface area is 220 Å². The van der Waals surface area contributed by atoms with Gasteiger partial charge in [-0.3, -0.25) is 9.69 Å². The van der Waals surface area contributed by atoms with E-state index in [4.69, 9.17) is 21.4 Å². The van der Waals surface area contributed by atoms with E-state index in [2.05, 4.69) is 36.2 Å². The normalized spacial score (nSPS) is 20.3. The van der Waals surface area contributed by atoms with E-state index >= 15 is 0 Å². The maximum absolute atomic E-state index is 13.1. The molecule has 0 radical (unpaired) electrons. The number of amides is 1. The minimum atomic E-state index is 0.103. The molecule has 2 aromatic rings. The number of halogens is 1. The van der Waals surface area contributed by atoms with E-state index in [9.17, 15) is 4.79 Å². The van der Waals surface area contributed by atoms with E-state index in [-0.39, 0.29) is 12.5 Å². The van der Waals surface area contributed by atoms with Gasteiger partial charge in [0.15, 0.2) is 0 Å². The molecule has 36 heavy (non-hydrogen) atoms. The third kappa shape index (κ3) is 6.41. The highest BCUT2D eigenvalue weighted by atomic mass is 35.5. The summed E-state index contributed by atoms with van der Waals surface area (Å²) in [4.78, 5) is 17.7. The molecule has 1 unspecified atom stereocenters. The monoisotopic (exact) mass is 513 g/mol. The van der Waals surface area contributed by atoms with E-state index in [1.54, 1.807) is 12.1 Å². The third-order valence-electron chi connectivity index (χ3n) is 7.75. The van der Waals surface area contributed by atoms with Crippen molar-refractivity contribution >= 4 is 17.5 Å². The number of aliphatic hydroxyl groups excluding tert-OH is 1. The Hall–Kier alpha value is -2.12. The second-order valence-corrected chi connectivity index (χ2v) is 10.5. The molecule has 2 atom stereocenters. The second-order valence-electron chi connectivity index (χ2n) is 10.0. The molecule has 0 aromatic heterocycles. The number of piperidine rings is 1. The van der Waals surface area contributed by atoms with Crippen LogP contribution in [0.5, 0.6) is 5.75 Å². The molecule has 4 rings (SSSR count). The molecule has 2 saturated heterocycles. The minimum Gasteiger partial charge on any atom is -0.493 e. The number of piperazine rings is 1. The molecule has 196 valence electrons. The number of hydrogen-bond acceptors (Lipinski definition) is 5. The first-order valence-corrected chi connectivity index (χ1v) is 13.7. The van der Waals surface area contributed by atoms with Crippen LogP contribution in [0.3, 0.4) is 0 Å². The Bertz CT molecular complexity index is 1010. The lowest BCUT2D eigenvalue weighted by Crippen LogP contribution is -2.57. The molecule has 7 heteroatoms. The summed E-state index contributed by atoms with van der Waals surface area (Å²) in [5, 5.41) is 12.7. The SMILES string of the molecule is Cc1c(OCCCCNCCO)ccc(C2CCC[C@H]3CN(C(=O)c4ccc(Cl)cc4)CCN23)c1C. The number of benzene rings is 2. The molecule has 1 amide bonds. The van der Waals surface area contributed by atoms with Crippen LogP contribution in [0.4, 0.5) is 0 Å². The van der Waals surface area contributed by atoms with E-state index in [0.29, 0.717) is 35.8 Å². The summed E-state index contributed by atoms with van der Waals surface area (Å²) in [5.41, 5.74) is 4.66. The molecule has 2 aliphatic heterocycles. The highest BCUT2D eigenvalue weighted by Crippen LogP contribution is 2.39. The van der Waals surface area contributed by atoms with Crippen LogP contribution in [-0.4, -0.2) is 72.8 Å². The summed E-state index contributed by atoms with van der Waals surface area (Å²) in [5.74, 6) is 1.08. The topological polar surface area (TPSA) is 65.0 Å². The minimum absolute atomic E-state index is 0.103. The molecule has 0 bridgehead atoms. The maximum atomic E-state index is 13.1. The van der Waals surface area contributed by atoms with Crippen LogP contribution in [0.15, 0.2) is 36.4 Å². The quantitative estimate of drug-likeness (QED) is 0.449. The smallest absolute Gasteiger partial charge is 0.253 e. The van der Waals surface area contributed by atoms with Crippen molar-refractivity contribution in [3.8, 4) is 5.75 Å². The standard InChI is InChI=1S/C29H40ClN3O3/c1-21-22(2)28(36-19-4-3-14-31-15-18-34)13-12-26(21)27-7-5-6-25-20-32(16-17-33(25)27)29(35)23-8-10-24(30)11-9-23/h8-13,25,27,31,34H,3-7,14-20H2,1-2H3/t25-,27?/m0/s1. The van der Waals surface area contributed by atoms with Crippen LogP contribution < -0.4 is 10.1 Å². The molecule has 2 aromatic carbocycles. The average molecular weight is 514 g/mol. The predicted molar refractivity (Wildman–Crippen MR) is 145 cm³/mol. The summed E-state index contributed by atoms with van der Waals surface area (Å²) in [6.45, 7) is 9.26. The molecule has 2 N–H and O–H groups in total. The van der Waals surface area contributed by atoms with E-state index < -0.39 is 0 Å². The van der Waals surface area contributed by atoms with Gasteiger partial charge in [-0.25, -0.2) is 0 Å². The van der Waals surface area contributed by atoms with E-state index in [1.165, 1.54) is 23.1 Å². The Kier molecular flexibility index (Phi) is 9.66. The highest BCUT2D eigenvalue weighted by Gasteiger charge is 2.37. The number of nitrogens with one attached hydrogen (secondary N) is 1. The van der Waals surface area contributed by atoms with Gasteiger partial charge in [-0.05, 0) is 99.5 Å². The Morgan fingerprint density at radius 1 is 1.06 bits per heavy atom. The molecular weight excluding hydrogens is 474 g/mol. The number of ether oxygens (including phenoxy) is 1. The first-order valence-electron chi connectivity index (χ1n) is 13.3. The summed E-state index contributed by atoms with van der Waals surface area (Å²) in [7, 11) is 0. The number of nitrogens with zero attached hydrogens (tertiary/aromatic N) is 2. The fraction of sp³-hybridized carbons (Fsp3) is 0.552. The molecule has 0 aliphatic carbocycles. The summed E-state index contributed by atoms with van der Waals surface area (Å²) < 4.78 is 6.12. The molecule has 2 aliphatic rings. The van der Waals surface area contributed by atoms with Crippen molar-refractivity contribution in [1.29, 1.82) is 0 Å². The van der Waals surface area contributed by atoms with Crippen molar-refractivity contribution in [3.05, 3.63) is 63.7 Å². The number of rotatable bonds is 10. The molecule has 2 fully saturated rings. The number of carbonyl (C=O) groups is 1. The fourth-order valence-electron chi connectivity index (χ4n) is 5.62.